The van der Waals surface area contributed by atoms with Gasteiger partial charge in [0.05, 0.1) is 0 Å². The molecule has 4 amide bonds. The number of imide groups is 1. The molecular formula is C28H23N3O3. The molecule has 4 aromatic carbocycles. The zero-order chi connectivity index (χ0) is 23.7. The van der Waals surface area contributed by atoms with Crippen molar-refractivity contribution in [2.45, 2.75) is 13.3 Å². The summed E-state index contributed by atoms with van der Waals surface area (Å²) in [4.78, 5) is 39.3. The van der Waals surface area contributed by atoms with Crippen molar-refractivity contribution >= 4 is 51.2 Å². The standard InChI is InChI=1S/C28H23N3O3/c1-2-18-9-5-8-14-24(18)29-26(32)17-31-27(33)25(30-28(31)34)16-23-21-12-6-3-10-19(21)15-20-11-4-7-13-22(20)23/h3-16H,2,17H2,1H3,(H,29,32)(H,30,34)/b25-16+. The fourth-order valence-corrected chi connectivity index (χ4v) is 4.35. The normalized spacial score (nSPS) is 14.7. The molecule has 0 spiro atoms. The number of rotatable bonds is 5. The molecule has 0 aliphatic carbocycles. The van der Waals surface area contributed by atoms with Crippen molar-refractivity contribution in [1.82, 2.24) is 10.2 Å². The van der Waals surface area contributed by atoms with Crippen LogP contribution in [-0.4, -0.2) is 29.3 Å². The van der Waals surface area contributed by atoms with Crippen LogP contribution in [0, 0.1) is 0 Å². The molecule has 1 heterocycles. The van der Waals surface area contributed by atoms with Gasteiger partial charge in [0.2, 0.25) is 5.91 Å². The van der Waals surface area contributed by atoms with Gasteiger partial charge < -0.3 is 10.6 Å². The molecule has 4 aromatic rings. The van der Waals surface area contributed by atoms with Gasteiger partial charge in [-0.1, -0.05) is 73.7 Å². The Morgan fingerprint density at radius 2 is 1.53 bits per heavy atom. The lowest BCUT2D eigenvalue weighted by Crippen LogP contribution is -2.38. The highest BCUT2D eigenvalue weighted by molar-refractivity contribution is 6.18. The first kappa shape index (κ1) is 21.4. The summed E-state index contributed by atoms with van der Waals surface area (Å²) < 4.78 is 0. The van der Waals surface area contributed by atoms with Crippen LogP contribution in [0.5, 0.6) is 0 Å². The third kappa shape index (κ3) is 3.90. The van der Waals surface area contributed by atoms with Gasteiger partial charge in [-0.05, 0) is 57.3 Å². The molecule has 6 nitrogen and oxygen atoms in total. The monoisotopic (exact) mass is 449 g/mol. The van der Waals surface area contributed by atoms with Crippen LogP contribution in [0.2, 0.25) is 0 Å². The SMILES string of the molecule is CCc1ccccc1NC(=O)CN1C(=O)N/C(=C/c2c3ccccc3cc3ccccc23)C1=O. The Kier molecular flexibility index (Phi) is 5.55. The molecule has 0 unspecified atom stereocenters. The maximum atomic E-state index is 13.1. The highest BCUT2D eigenvalue weighted by Gasteiger charge is 2.35. The Hall–Kier alpha value is -4.45. The molecule has 2 N–H and O–H groups in total. The Balaban J connectivity index is 1.45. The number of anilines is 1. The number of benzene rings is 4. The van der Waals surface area contributed by atoms with Gasteiger partial charge in [0, 0.05) is 5.69 Å². The molecule has 1 saturated heterocycles. The first-order chi connectivity index (χ1) is 16.5. The second-order valence-electron chi connectivity index (χ2n) is 8.17. The summed E-state index contributed by atoms with van der Waals surface area (Å²) >= 11 is 0. The predicted octanol–water partition coefficient (Wildman–Crippen LogP) is 5.09. The molecule has 5 rings (SSSR count). The molecule has 1 aliphatic heterocycles. The molecule has 0 aromatic heterocycles. The second kappa shape index (κ2) is 8.83. The molecule has 6 heteroatoms. The van der Waals surface area contributed by atoms with Crippen LogP contribution in [0.4, 0.5) is 10.5 Å². The Morgan fingerprint density at radius 3 is 2.21 bits per heavy atom. The number of nitrogens with one attached hydrogen (secondary N) is 2. The van der Waals surface area contributed by atoms with Gasteiger partial charge in [0.15, 0.2) is 0 Å². The fourth-order valence-electron chi connectivity index (χ4n) is 4.35. The number of urea groups is 1. The van der Waals surface area contributed by atoms with Crippen molar-refractivity contribution < 1.29 is 14.4 Å². The molecule has 0 bridgehead atoms. The smallest absolute Gasteiger partial charge is 0.324 e. The average molecular weight is 450 g/mol. The molecule has 1 aliphatic rings. The van der Waals surface area contributed by atoms with Crippen LogP contribution in [0.3, 0.4) is 0 Å². The van der Waals surface area contributed by atoms with E-state index in [1.54, 1.807) is 12.1 Å². The number of amides is 4. The van der Waals surface area contributed by atoms with Crippen LogP contribution in [0.15, 0.2) is 84.6 Å². The predicted molar refractivity (Wildman–Crippen MR) is 134 cm³/mol. The second-order valence-corrected chi connectivity index (χ2v) is 8.17. The summed E-state index contributed by atoms with van der Waals surface area (Å²) in [6.07, 6.45) is 2.46. The van der Waals surface area contributed by atoms with E-state index in [0.29, 0.717) is 5.69 Å². The summed E-state index contributed by atoms with van der Waals surface area (Å²) in [6, 6.07) is 24.8. The lowest BCUT2D eigenvalue weighted by Gasteiger charge is -2.13. The average Bonchev–Trinajstić information content (AvgIpc) is 3.11. The van der Waals surface area contributed by atoms with E-state index in [2.05, 4.69) is 16.7 Å². The maximum absolute atomic E-state index is 13.1. The molecule has 0 atom stereocenters. The molecule has 34 heavy (non-hydrogen) atoms. The number of hydrogen-bond donors (Lipinski definition) is 2. The van der Waals surface area contributed by atoms with Crippen LogP contribution in [0.25, 0.3) is 27.6 Å². The number of carbonyl (C=O) groups is 3. The van der Waals surface area contributed by atoms with Gasteiger partial charge in [-0.15, -0.1) is 0 Å². The van der Waals surface area contributed by atoms with Crippen molar-refractivity contribution in [3.63, 3.8) is 0 Å². The maximum Gasteiger partial charge on any atom is 0.329 e. The zero-order valence-electron chi connectivity index (χ0n) is 18.7. The Morgan fingerprint density at radius 1 is 0.912 bits per heavy atom. The van der Waals surface area contributed by atoms with E-state index in [9.17, 15) is 14.4 Å². The highest BCUT2D eigenvalue weighted by atomic mass is 16.2. The number of para-hydroxylation sites is 1. The van der Waals surface area contributed by atoms with Gasteiger partial charge in [0.25, 0.3) is 5.91 Å². The largest absolute Gasteiger partial charge is 0.329 e. The lowest BCUT2D eigenvalue weighted by molar-refractivity contribution is -0.127. The van der Waals surface area contributed by atoms with E-state index in [1.807, 2.05) is 73.7 Å². The molecular weight excluding hydrogens is 426 g/mol. The van der Waals surface area contributed by atoms with Gasteiger partial charge >= 0.3 is 6.03 Å². The minimum Gasteiger partial charge on any atom is -0.324 e. The molecule has 168 valence electrons. The molecule has 1 fully saturated rings. The van der Waals surface area contributed by atoms with E-state index < -0.39 is 17.8 Å². The first-order valence-electron chi connectivity index (χ1n) is 11.2. The Bertz CT molecular complexity index is 1440. The zero-order valence-corrected chi connectivity index (χ0v) is 18.7. The first-order valence-corrected chi connectivity index (χ1v) is 11.2. The quantitative estimate of drug-likeness (QED) is 0.253. The topological polar surface area (TPSA) is 78.5 Å². The van der Waals surface area contributed by atoms with Gasteiger partial charge in [-0.3, -0.25) is 9.59 Å². The van der Waals surface area contributed by atoms with Crippen LogP contribution < -0.4 is 10.6 Å². The van der Waals surface area contributed by atoms with Gasteiger partial charge in [-0.25, -0.2) is 9.69 Å². The van der Waals surface area contributed by atoms with Crippen molar-refractivity contribution in [3.05, 3.63) is 95.7 Å². The summed E-state index contributed by atoms with van der Waals surface area (Å²) in [6.45, 7) is 1.63. The lowest BCUT2D eigenvalue weighted by atomic mass is 9.96. The van der Waals surface area contributed by atoms with Gasteiger partial charge in [0.1, 0.15) is 12.2 Å². The van der Waals surface area contributed by atoms with Crippen LogP contribution in [-0.2, 0) is 16.0 Å². The minimum atomic E-state index is -0.611. The van der Waals surface area contributed by atoms with Crippen molar-refractivity contribution in [1.29, 1.82) is 0 Å². The summed E-state index contributed by atoms with van der Waals surface area (Å²) in [7, 11) is 0. The highest BCUT2D eigenvalue weighted by Crippen LogP contribution is 2.30. The Labute approximate surface area is 196 Å². The third-order valence-electron chi connectivity index (χ3n) is 6.04. The van der Waals surface area contributed by atoms with Gasteiger partial charge in [-0.2, -0.15) is 0 Å². The van der Waals surface area contributed by atoms with E-state index in [0.717, 1.165) is 44.0 Å². The molecule has 0 radical (unpaired) electrons. The minimum absolute atomic E-state index is 0.147. The summed E-state index contributed by atoms with van der Waals surface area (Å²) in [5.41, 5.74) is 2.66. The summed E-state index contributed by atoms with van der Waals surface area (Å²) in [5, 5.41) is 9.48. The van der Waals surface area contributed by atoms with Crippen LogP contribution >= 0.6 is 0 Å². The number of hydrogen-bond acceptors (Lipinski definition) is 3. The van der Waals surface area contributed by atoms with E-state index >= 15 is 0 Å². The summed E-state index contributed by atoms with van der Waals surface area (Å²) in [5.74, 6) is -0.956. The fraction of sp³-hybridized carbons (Fsp3) is 0.107. The van der Waals surface area contributed by atoms with E-state index in [1.165, 1.54) is 0 Å². The third-order valence-corrected chi connectivity index (χ3v) is 6.04. The number of aryl methyl sites for hydroxylation is 1. The van der Waals surface area contributed by atoms with E-state index in [4.69, 9.17) is 0 Å². The van der Waals surface area contributed by atoms with Crippen molar-refractivity contribution in [2.75, 3.05) is 11.9 Å². The molecule has 0 saturated carbocycles. The number of carbonyl (C=O) groups excluding carboxylic acids is 3. The number of fused-ring (bicyclic) bond motifs is 2. The van der Waals surface area contributed by atoms with Crippen molar-refractivity contribution in [2.24, 2.45) is 0 Å². The number of nitrogens with zero attached hydrogens (tertiary/aromatic N) is 1. The van der Waals surface area contributed by atoms with Crippen LogP contribution in [0.1, 0.15) is 18.1 Å². The van der Waals surface area contributed by atoms with Crippen molar-refractivity contribution in [3.8, 4) is 0 Å². The van der Waals surface area contributed by atoms with E-state index in [-0.39, 0.29) is 12.2 Å².